The molecule has 0 saturated carbocycles. The number of nitrogens with zero attached hydrogens (tertiary/aromatic N) is 1. The van der Waals surface area contributed by atoms with Crippen molar-refractivity contribution in [3.63, 3.8) is 0 Å². The van der Waals surface area contributed by atoms with E-state index in [0.717, 1.165) is 24.8 Å². The van der Waals surface area contributed by atoms with E-state index in [4.69, 9.17) is 0 Å². The first-order valence-corrected chi connectivity index (χ1v) is 5.68. The van der Waals surface area contributed by atoms with E-state index < -0.39 is 0 Å². The number of pyridine rings is 1. The van der Waals surface area contributed by atoms with E-state index in [9.17, 15) is 4.79 Å². The second kappa shape index (κ2) is 5.45. The Morgan fingerprint density at radius 1 is 1.50 bits per heavy atom. The molecule has 16 heavy (non-hydrogen) atoms. The largest absolute Gasteiger partial charge is 0.352 e. The Morgan fingerprint density at radius 3 is 3.12 bits per heavy atom. The number of carbonyl (C=O) groups is 1. The minimum absolute atomic E-state index is 0.154. The number of carbonyl (C=O) groups excluding carboxylic acids is 1. The van der Waals surface area contributed by atoms with Crippen molar-refractivity contribution in [3.8, 4) is 0 Å². The zero-order valence-electron chi connectivity index (χ0n) is 9.23. The van der Waals surface area contributed by atoms with Crippen LogP contribution in [0.25, 0.3) is 0 Å². The molecule has 3 nitrogen and oxygen atoms in total. The minimum atomic E-state index is 0.154. The summed E-state index contributed by atoms with van der Waals surface area (Å²) in [6.45, 7) is 0.576. The standard InChI is InChI=1S/C13H16N2O/c16-13(12-6-2-1-3-7-12)15-10-11-5-4-8-14-9-11/h1-2,4-5,8-9,12H,3,6-7,10H2,(H,15,16). The number of nitrogens with one attached hydrogen (secondary N) is 1. The zero-order valence-corrected chi connectivity index (χ0v) is 9.23. The van der Waals surface area contributed by atoms with Gasteiger partial charge < -0.3 is 5.32 Å². The van der Waals surface area contributed by atoms with Crippen molar-refractivity contribution in [1.29, 1.82) is 0 Å². The molecule has 0 aromatic carbocycles. The molecule has 0 saturated heterocycles. The van der Waals surface area contributed by atoms with Crippen molar-refractivity contribution >= 4 is 5.91 Å². The Labute approximate surface area is 95.6 Å². The number of hydrogen-bond acceptors (Lipinski definition) is 2. The molecular formula is C13H16N2O. The third-order valence-electron chi connectivity index (χ3n) is 2.83. The smallest absolute Gasteiger partial charge is 0.223 e. The Hall–Kier alpha value is -1.64. The number of amides is 1. The molecule has 1 heterocycles. The number of hydrogen-bond donors (Lipinski definition) is 1. The van der Waals surface area contributed by atoms with Crippen molar-refractivity contribution < 1.29 is 4.79 Å². The highest BCUT2D eigenvalue weighted by molar-refractivity contribution is 5.78. The first kappa shape index (κ1) is 10.9. The molecule has 84 valence electrons. The lowest BCUT2D eigenvalue weighted by molar-refractivity contribution is -0.125. The summed E-state index contributed by atoms with van der Waals surface area (Å²) in [4.78, 5) is 15.8. The molecule has 1 atom stereocenters. The zero-order chi connectivity index (χ0) is 11.2. The maximum Gasteiger partial charge on any atom is 0.223 e. The van der Waals surface area contributed by atoms with Crippen LogP contribution in [-0.4, -0.2) is 10.9 Å². The summed E-state index contributed by atoms with van der Waals surface area (Å²) in [6.07, 6.45) is 10.6. The van der Waals surface area contributed by atoms with Crippen LogP contribution in [0.5, 0.6) is 0 Å². The van der Waals surface area contributed by atoms with Crippen LogP contribution in [0.15, 0.2) is 36.7 Å². The van der Waals surface area contributed by atoms with E-state index in [2.05, 4.69) is 22.5 Å². The van der Waals surface area contributed by atoms with Crippen LogP contribution in [0, 0.1) is 5.92 Å². The van der Waals surface area contributed by atoms with Gasteiger partial charge in [-0.3, -0.25) is 9.78 Å². The fourth-order valence-electron chi connectivity index (χ4n) is 1.87. The van der Waals surface area contributed by atoms with Gasteiger partial charge in [-0.05, 0) is 30.9 Å². The quantitative estimate of drug-likeness (QED) is 0.786. The number of rotatable bonds is 3. The average molecular weight is 216 g/mol. The van der Waals surface area contributed by atoms with Gasteiger partial charge in [0.25, 0.3) is 0 Å². The molecular weight excluding hydrogens is 200 g/mol. The van der Waals surface area contributed by atoms with Crippen molar-refractivity contribution in [3.05, 3.63) is 42.2 Å². The summed E-state index contributed by atoms with van der Waals surface area (Å²) in [5.74, 6) is 0.315. The molecule has 1 unspecified atom stereocenters. The van der Waals surface area contributed by atoms with E-state index in [1.807, 2.05) is 12.1 Å². The summed E-state index contributed by atoms with van der Waals surface area (Å²) < 4.78 is 0. The van der Waals surface area contributed by atoms with Crippen LogP contribution in [0.1, 0.15) is 24.8 Å². The fraction of sp³-hybridized carbons (Fsp3) is 0.385. The predicted octanol–water partition coefficient (Wildman–Crippen LogP) is 2.05. The van der Waals surface area contributed by atoms with Gasteiger partial charge in [0.15, 0.2) is 0 Å². The van der Waals surface area contributed by atoms with Gasteiger partial charge in [0.2, 0.25) is 5.91 Å². The maximum absolute atomic E-state index is 11.8. The molecule has 0 fully saturated rings. The van der Waals surface area contributed by atoms with Crippen LogP contribution in [0.4, 0.5) is 0 Å². The van der Waals surface area contributed by atoms with Gasteiger partial charge >= 0.3 is 0 Å². The molecule has 1 aromatic heterocycles. The van der Waals surface area contributed by atoms with Gasteiger partial charge in [-0.2, -0.15) is 0 Å². The normalized spacial score (nSPS) is 19.4. The predicted molar refractivity (Wildman–Crippen MR) is 62.6 cm³/mol. The lowest BCUT2D eigenvalue weighted by Crippen LogP contribution is -2.30. The molecule has 1 amide bonds. The highest BCUT2D eigenvalue weighted by Crippen LogP contribution is 2.18. The first-order valence-electron chi connectivity index (χ1n) is 5.68. The topological polar surface area (TPSA) is 42.0 Å². The first-order chi connectivity index (χ1) is 7.86. The molecule has 0 bridgehead atoms. The third kappa shape index (κ3) is 2.92. The van der Waals surface area contributed by atoms with Gasteiger partial charge in [-0.1, -0.05) is 18.2 Å². The van der Waals surface area contributed by atoms with Gasteiger partial charge in [-0.15, -0.1) is 0 Å². The van der Waals surface area contributed by atoms with Gasteiger partial charge in [0, 0.05) is 24.9 Å². The highest BCUT2D eigenvalue weighted by Gasteiger charge is 2.17. The van der Waals surface area contributed by atoms with Crippen molar-refractivity contribution in [2.24, 2.45) is 5.92 Å². The molecule has 0 aliphatic heterocycles. The van der Waals surface area contributed by atoms with Crippen molar-refractivity contribution in [2.75, 3.05) is 0 Å². The number of aromatic nitrogens is 1. The van der Waals surface area contributed by atoms with Crippen LogP contribution in [0.2, 0.25) is 0 Å². The van der Waals surface area contributed by atoms with Crippen LogP contribution < -0.4 is 5.32 Å². The summed E-state index contributed by atoms with van der Waals surface area (Å²) >= 11 is 0. The van der Waals surface area contributed by atoms with Gasteiger partial charge in [-0.25, -0.2) is 0 Å². The molecule has 3 heteroatoms. The Balaban J connectivity index is 1.82. The average Bonchev–Trinajstić information content (AvgIpc) is 2.38. The fourth-order valence-corrected chi connectivity index (χ4v) is 1.87. The van der Waals surface area contributed by atoms with E-state index in [0.29, 0.717) is 6.54 Å². The Bertz CT molecular complexity index is 373. The highest BCUT2D eigenvalue weighted by atomic mass is 16.1. The van der Waals surface area contributed by atoms with Gasteiger partial charge in [0.05, 0.1) is 0 Å². The molecule has 1 aliphatic rings. The van der Waals surface area contributed by atoms with E-state index in [1.165, 1.54) is 0 Å². The SMILES string of the molecule is O=C(NCc1cccnc1)C1CC=CCC1. The Morgan fingerprint density at radius 2 is 2.44 bits per heavy atom. The molecule has 1 aliphatic carbocycles. The van der Waals surface area contributed by atoms with Crippen LogP contribution in [0.3, 0.4) is 0 Å². The van der Waals surface area contributed by atoms with Crippen molar-refractivity contribution in [2.45, 2.75) is 25.8 Å². The Kier molecular flexibility index (Phi) is 3.70. The van der Waals surface area contributed by atoms with Gasteiger partial charge in [0.1, 0.15) is 0 Å². The lowest BCUT2D eigenvalue weighted by Gasteiger charge is -2.17. The summed E-state index contributed by atoms with van der Waals surface area (Å²) in [5.41, 5.74) is 1.04. The molecule has 1 N–H and O–H groups in total. The molecule has 0 spiro atoms. The van der Waals surface area contributed by atoms with E-state index in [1.54, 1.807) is 12.4 Å². The van der Waals surface area contributed by atoms with Crippen LogP contribution in [-0.2, 0) is 11.3 Å². The summed E-state index contributed by atoms with van der Waals surface area (Å²) in [5, 5.41) is 2.96. The van der Waals surface area contributed by atoms with E-state index in [-0.39, 0.29) is 11.8 Å². The summed E-state index contributed by atoms with van der Waals surface area (Å²) in [7, 11) is 0. The summed E-state index contributed by atoms with van der Waals surface area (Å²) in [6, 6.07) is 3.85. The second-order valence-corrected chi connectivity index (χ2v) is 4.06. The monoisotopic (exact) mass is 216 g/mol. The lowest BCUT2D eigenvalue weighted by atomic mass is 9.93. The molecule has 2 rings (SSSR count). The molecule has 0 radical (unpaired) electrons. The number of allylic oxidation sites excluding steroid dienone is 2. The van der Waals surface area contributed by atoms with Crippen molar-refractivity contribution in [1.82, 2.24) is 10.3 Å². The third-order valence-corrected chi connectivity index (χ3v) is 2.83. The molecule has 1 aromatic rings. The van der Waals surface area contributed by atoms with Crippen LogP contribution >= 0.6 is 0 Å². The second-order valence-electron chi connectivity index (χ2n) is 4.06. The maximum atomic E-state index is 11.8. The van der Waals surface area contributed by atoms with E-state index >= 15 is 0 Å². The minimum Gasteiger partial charge on any atom is -0.352 e.